The number of carbonyl (C=O) groups excluding carboxylic acids is 1. The molecule has 12 heteroatoms. The maximum atomic E-state index is 12.6. The molecule has 0 radical (unpaired) electrons. The highest BCUT2D eigenvalue weighted by Crippen LogP contribution is 2.38. The number of pyridine rings is 2. The molecule has 0 bridgehead atoms. The van der Waals surface area contributed by atoms with Crippen LogP contribution in [0, 0.1) is 11.8 Å². The average molecular weight is 593 g/mol. The number of rotatable bonds is 6. The van der Waals surface area contributed by atoms with Crippen LogP contribution in [0.15, 0.2) is 33.8 Å². The largest absolute Gasteiger partial charge is 0.439 e. The van der Waals surface area contributed by atoms with Crippen molar-refractivity contribution in [2.24, 2.45) is 11.8 Å². The summed E-state index contributed by atoms with van der Waals surface area (Å²) in [7, 11) is 0. The number of nitrogens with one attached hydrogen (secondary N) is 1. The molecule has 1 saturated carbocycles. The number of carbonyl (C=O) groups is 1. The standard InChI is InChI=1S/C30H37ClN8O3/c1-5-25(40)37-14-18(3)39(19(4)15-37)29-34-23-11-24(28-35-30(41)42-36-28)33-26(21-10-22(31)13-32-12-21)27(23)38(29)16-20-8-6-17(2)7-9-20/h10-13,17-20H,5-9,14-16H2,1-4H3,(H,35,36,41)/t17?,18-,19?,20?/m1/s1. The molecule has 2 atom stereocenters. The van der Waals surface area contributed by atoms with E-state index >= 15 is 0 Å². The van der Waals surface area contributed by atoms with Gasteiger partial charge >= 0.3 is 5.76 Å². The summed E-state index contributed by atoms with van der Waals surface area (Å²) in [5.74, 6) is 1.84. The monoisotopic (exact) mass is 592 g/mol. The number of aromatic amines is 1. The molecule has 1 aliphatic heterocycles. The molecule has 11 nitrogen and oxygen atoms in total. The molecule has 42 heavy (non-hydrogen) atoms. The lowest BCUT2D eigenvalue weighted by atomic mass is 9.83. The van der Waals surface area contributed by atoms with Crippen LogP contribution in [0.2, 0.25) is 5.02 Å². The predicted octanol–water partition coefficient (Wildman–Crippen LogP) is 5.15. The molecular weight excluding hydrogens is 556 g/mol. The SMILES string of the molecule is CCC(=O)N1CC(C)N(c2nc3cc(-c4noc(=O)[nH]4)nc(-c4cncc(Cl)c4)c3n2CC2CCC(C)CC2)[C@H](C)C1. The first kappa shape index (κ1) is 28.4. The second-order valence-electron chi connectivity index (χ2n) is 12.0. The molecule has 0 spiro atoms. The van der Waals surface area contributed by atoms with Crippen molar-refractivity contribution in [2.45, 2.75) is 78.4 Å². The molecule has 6 rings (SSSR count). The molecule has 5 heterocycles. The summed E-state index contributed by atoms with van der Waals surface area (Å²) in [6.07, 6.45) is 8.56. The Morgan fingerprint density at radius 3 is 2.45 bits per heavy atom. The number of hydrogen-bond donors (Lipinski definition) is 1. The van der Waals surface area contributed by atoms with Gasteiger partial charge in [0.1, 0.15) is 5.69 Å². The van der Waals surface area contributed by atoms with Crippen molar-refractivity contribution in [2.75, 3.05) is 18.0 Å². The number of amides is 1. The van der Waals surface area contributed by atoms with E-state index in [1.54, 1.807) is 12.4 Å². The van der Waals surface area contributed by atoms with E-state index in [0.29, 0.717) is 41.8 Å². The molecule has 0 aromatic carbocycles. The molecule has 4 aromatic heterocycles. The average Bonchev–Trinajstić information content (AvgIpc) is 3.56. The van der Waals surface area contributed by atoms with Gasteiger partial charge in [-0.1, -0.05) is 43.4 Å². The molecule has 1 unspecified atom stereocenters. The number of anilines is 1. The zero-order chi connectivity index (χ0) is 29.5. The van der Waals surface area contributed by atoms with Crippen LogP contribution in [0.1, 0.15) is 59.8 Å². The van der Waals surface area contributed by atoms with Gasteiger partial charge in [0.05, 0.1) is 21.7 Å². The Labute approximate surface area is 249 Å². The second kappa shape index (κ2) is 11.5. The number of H-pyrrole nitrogens is 1. The number of piperazine rings is 1. The Hall–Kier alpha value is -3.73. The van der Waals surface area contributed by atoms with Gasteiger partial charge in [-0.3, -0.25) is 19.3 Å². The van der Waals surface area contributed by atoms with E-state index in [2.05, 4.69) is 45.4 Å². The fourth-order valence-electron chi connectivity index (χ4n) is 6.63. The summed E-state index contributed by atoms with van der Waals surface area (Å²) in [5.41, 5.74) is 3.44. The lowest BCUT2D eigenvalue weighted by molar-refractivity contribution is -0.132. The van der Waals surface area contributed by atoms with Gasteiger partial charge in [0.15, 0.2) is 0 Å². The first-order chi connectivity index (χ1) is 20.2. The fourth-order valence-corrected chi connectivity index (χ4v) is 6.81. The van der Waals surface area contributed by atoms with Crippen molar-refractivity contribution < 1.29 is 9.32 Å². The van der Waals surface area contributed by atoms with Crippen molar-refractivity contribution in [3.63, 3.8) is 0 Å². The third kappa shape index (κ3) is 5.42. The van der Waals surface area contributed by atoms with Crippen molar-refractivity contribution >= 4 is 34.5 Å². The predicted molar refractivity (Wildman–Crippen MR) is 161 cm³/mol. The first-order valence-electron chi connectivity index (χ1n) is 14.9. The van der Waals surface area contributed by atoms with Crippen LogP contribution in [0.5, 0.6) is 0 Å². The van der Waals surface area contributed by atoms with Crippen LogP contribution >= 0.6 is 11.6 Å². The van der Waals surface area contributed by atoms with E-state index < -0.39 is 5.76 Å². The van der Waals surface area contributed by atoms with Gasteiger partial charge < -0.3 is 14.4 Å². The van der Waals surface area contributed by atoms with Gasteiger partial charge in [-0.15, -0.1) is 0 Å². The van der Waals surface area contributed by atoms with Crippen molar-refractivity contribution in [1.29, 1.82) is 0 Å². The smallest absolute Gasteiger partial charge is 0.339 e. The van der Waals surface area contributed by atoms with Crippen molar-refractivity contribution in [1.82, 2.24) is 34.6 Å². The van der Waals surface area contributed by atoms with Crippen LogP contribution in [0.3, 0.4) is 0 Å². The molecule has 222 valence electrons. The number of halogens is 1. The molecule has 2 fully saturated rings. The van der Waals surface area contributed by atoms with E-state index in [1.165, 1.54) is 12.8 Å². The fraction of sp³-hybridized carbons (Fsp3) is 0.533. The van der Waals surface area contributed by atoms with E-state index in [4.69, 9.17) is 26.1 Å². The van der Waals surface area contributed by atoms with Gasteiger partial charge in [0.2, 0.25) is 17.7 Å². The summed E-state index contributed by atoms with van der Waals surface area (Å²) < 4.78 is 7.11. The van der Waals surface area contributed by atoms with Gasteiger partial charge in [0, 0.05) is 56.1 Å². The third-order valence-electron chi connectivity index (χ3n) is 8.75. The summed E-state index contributed by atoms with van der Waals surface area (Å²) in [5, 5.41) is 4.39. The van der Waals surface area contributed by atoms with Crippen molar-refractivity contribution in [3.05, 3.63) is 40.1 Å². The molecule has 1 aliphatic carbocycles. The quantitative estimate of drug-likeness (QED) is 0.326. The number of aromatic nitrogens is 6. The number of nitrogens with zero attached hydrogens (tertiary/aromatic N) is 7. The highest BCUT2D eigenvalue weighted by molar-refractivity contribution is 6.30. The minimum absolute atomic E-state index is 0.0572. The summed E-state index contributed by atoms with van der Waals surface area (Å²) >= 11 is 6.40. The third-order valence-corrected chi connectivity index (χ3v) is 8.95. The topological polar surface area (TPSA) is 126 Å². The second-order valence-corrected chi connectivity index (χ2v) is 12.4. The lowest BCUT2D eigenvalue weighted by Gasteiger charge is -2.45. The molecule has 1 saturated heterocycles. The Morgan fingerprint density at radius 1 is 1.07 bits per heavy atom. The van der Waals surface area contributed by atoms with Crippen LogP contribution in [-0.4, -0.2) is 65.6 Å². The minimum Gasteiger partial charge on any atom is -0.339 e. The number of imidazole rings is 1. The normalized spacial score (nSPS) is 23.1. The number of hydrogen-bond acceptors (Lipinski definition) is 8. The zero-order valence-electron chi connectivity index (χ0n) is 24.5. The van der Waals surface area contributed by atoms with Gasteiger partial charge in [-0.2, -0.15) is 0 Å². The molecular formula is C30H37ClN8O3. The Kier molecular flexibility index (Phi) is 7.78. The van der Waals surface area contributed by atoms with E-state index in [9.17, 15) is 9.59 Å². The minimum atomic E-state index is -0.655. The highest BCUT2D eigenvalue weighted by Gasteiger charge is 2.35. The Morgan fingerprint density at radius 2 is 1.81 bits per heavy atom. The maximum Gasteiger partial charge on any atom is 0.439 e. The van der Waals surface area contributed by atoms with Crippen LogP contribution in [-0.2, 0) is 11.3 Å². The van der Waals surface area contributed by atoms with E-state index in [0.717, 1.165) is 47.8 Å². The van der Waals surface area contributed by atoms with Crippen LogP contribution < -0.4 is 10.7 Å². The van der Waals surface area contributed by atoms with Crippen LogP contribution in [0.4, 0.5) is 5.95 Å². The molecule has 1 N–H and O–H groups in total. The Bertz CT molecular complexity index is 1640. The highest BCUT2D eigenvalue weighted by atomic mass is 35.5. The summed E-state index contributed by atoms with van der Waals surface area (Å²) in [6, 6.07) is 3.80. The van der Waals surface area contributed by atoms with E-state index in [1.807, 2.05) is 24.0 Å². The summed E-state index contributed by atoms with van der Waals surface area (Å²) in [4.78, 5) is 45.9. The molecule has 2 aliphatic rings. The van der Waals surface area contributed by atoms with Gasteiger partial charge in [-0.05, 0) is 50.7 Å². The summed E-state index contributed by atoms with van der Waals surface area (Å²) in [6.45, 7) is 10.6. The lowest BCUT2D eigenvalue weighted by Crippen LogP contribution is -2.59. The van der Waals surface area contributed by atoms with E-state index in [-0.39, 0.29) is 23.8 Å². The Balaban J connectivity index is 1.55. The van der Waals surface area contributed by atoms with Crippen molar-refractivity contribution in [3.8, 4) is 22.8 Å². The van der Waals surface area contributed by atoms with Crippen LogP contribution in [0.25, 0.3) is 33.8 Å². The van der Waals surface area contributed by atoms with Gasteiger partial charge in [-0.25, -0.2) is 14.8 Å². The number of fused-ring (bicyclic) bond motifs is 1. The maximum absolute atomic E-state index is 12.6. The molecule has 4 aromatic rings. The first-order valence-corrected chi connectivity index (χ1v) is 15.2. The zero-order valence-corrected chi connectivity index (χ0v) is 25.3. The van der Waals surface area contributed by atoms with Gasteiger partial charge in [0.25, 0.3) is 0 Å². The molecule has 1 amide bonds.